The van der Waals surface area contributed by atoms with E-state index in [1.54, 1.807) is 24.3 Å². The molecule has 0 unspecified atom stereocenters. The van der Waals surface area contributed by atoms with Crippen molar-refractivity contribution in [1.29, 1.82) is 0 Å². The third kappa shape index (κ3) is 6.85. The van der Waals surface area contributed by atoms with Gasteiger partial charge in [-0.15, -0.1) is 12.4 Å². The summed E-state index contributed by atoms with van der Waals surface area (Å²) in [5.74, 6) is -0.666. The lowest BCUT2D eigenvalue weighted by molar-refractivity contribution is 0.0390. The second-order valence-corrected chi connectivity index (χ2v) is 9.20. The first-order valence-electron chi connectivity index (χ1n) is 9.41. The van der Waals surface area contributed by atoms with Crippen LogP contribution in [0.5, 0.6) is 5.75 Å². The molecular formula is C19H23Cl3N4O5S. The third-order valence-electron chi connectivity index (χ3n) is 4.55. The number of halogens is 3. The molecule has 1 fully saturated rings. The Hall–Kier alpha value is -1.79. The van der Waals surface area contributed by atoms with E-state index in [0.29, 0.717) is 43.6 Å². The van der Waals surface area contributed by atoms with Gasteiger partial charge in [-0.2, -0.15) is 0 Å². The number of aromatic hydroxyl groups is 1. The fourth-order valence-electron chi connectivity index (χ4n) is 2.98. The minimum absolute atomic E-state index is 0. The molecule has 1 saturated heterocycles. The first-order chi connectivity index (χ1) is 14.8. The lowest BCUT2D eigenvalue weighted by atomic mass is 10.3. The highest BCUT2D eigenvalue weighted by atomic mass is 35.5. The molecule has 0 spiro atoms. The fraction of sp³-hybridized carbons (Fsp3) is 0.316. The molecule has 1 heterocycles. The first-order valence-corrected chi connectivity index (χ1v) is 11.7. The Morgan fingerprint density at radius 2 is 1.69 bits per heavy atom. The van der Waals surface area contributed by atoms with Crippen molar-refractivity contribution < 1.29 is 23.1 Å². The van der Waals surface area contributed by atoms with Crippen LogP contribution in [0.2, 0.25) is 10.0 Å². The molecular weight excluding hydrogens is 503 g/mol. The van der Waals surface area contributed by atoms with Crippen molar-refractivity contribution in [3.05, 3.63) is 46.4 Å². The summed E-state index contributed by atoms with van der Waals surface area (Å²) in [6.07, 6.45) is 0. The van der Waals surface area contributed by atoms with Crippen LogP contribution in [0.1, 0.15) is 0 Å². The van der Waals surface area contributed by atoms with E-state index in [0.717, 1.165) is 0 Å². The summed E-state index contributed by atoms with van der Waals surface area (Å²) < 4.78 is 33.2. The predicted octanol–water partition coefficient (Wildman–Crippen LogP) is 3.38. The number of hydrogen-bond donors (Lipinski definition) is 4. The smallest absolute Gasteiger partial charge is 0.323 e. The second kappa shape index (κ2) is 11.9. The summed E-state index contributed by atoms with van der Waals surface area (Å²) in [4.78, 5) is 13.8. The molecule has 176 valence electrons. The number of ether oxygens (including phenoxy) is 1. The van der Waals surface area contributed by atoms with E-state index >= 15 is 0 Å². The molecule has 0 radical (unpaired) electrons. The van der Waals surface area contributed by atoms with Gasteiger partial charge in [0.2, 0.25) is 10.0 Å². The maximum absolute atomic E-state index is 12.7. The van der Waals surface area contributed by atoms with Crippen LogP contribution in [0, 0.1) is 0 Å². The average molecular weight is 526 g/mol. The van der Waals surface area contributed by atoms with E-state index in [2.05, 4.69) is 20.3 Å². The zero-order chi connectivity index (χ0) is 22.4. The van der Waals surface area contributed by atoms with Gasteiger partial charge in [-0.1, -0.05) is 35.3 Å². The second-order valence-electron chi connectivity index (χ2n) is 6.68. The highest BCUT2D eigenvalue weighted by Crippen LogP contribution is 2.36. The van der Waals surface area contributed by atoms with Gasteiger partial charge < -0.3 is 20.5 Å². The molecule has 0 aromatic heterocycles. The Bertz CT molecular complexity index is 1050. The molecule has 3 rings (SSSR count). The van der Waals surface area contributed by atoms with Crippen molar-refractivity contribution in [2.45, 2.75) is 4.90 Å². The van der Waals surface area contributed by atoms with Crippen LogP contribution in [0.4, 0.5) is 16.2 Å². The number of rotatable bonds is 7. The van der Waals surface area contributed by atoms with Crippen LogP contribution < -0.4 is 15.4 Å². The summed E-state index contributed by atoms with van der Waals surface area (Å²) in [5, 5.41) is 15.6. The minimum atomic E-state index is -4.13. The lowest BCUT2D eigenvalue weighted by Gasteiger charge is -2.26. The number of para-hydroxylation sites is 1. The minimum Gasteiger partial charge on any atom is -0.504 e. The molecule has 0 saturated carbocycles. The van der Waals surface area contributed by atoms with E-state index in [-0.39, 0.29) is 29.7 Å². The van der Waals surface area contributed by atoms with Crippen LogP contribution in [-0.2, 0) is 14.8 Å². The van der Waals surface area contributed by atoms with E-state index in [9.17, 15) is 18.3 Å². The van der Waals surface area contributed by atoms with Gasteiger partial charge >= 0.3 is 6.03 Å². The lowest BCUT2D eigenvalue weighted by Crippen LogP contribution is -2.41. The Morgan fingerprint density at radius 1 is 1.03 bits per heavy atom. The number of morpholine rings is 1. The maximum Gasteiger partial charge on any atom is 0.323 e. The number of sulfonamides is 1. The molecule has 0 aliphatic carbocycles. The van der Waals surface area contributed by atoms with Gasteiger partial charge in [0.05, 0.1) is 34.6 Å². The highest BCUT2D eigenvalue weighted by Gasteiger charge is 2.25. The fourth-order valence-corrected chi connectivity index (χ4v) is 4.81. The predicted molar refractivity (Wildman–Crippen MR) is 127 cm³/mol. The van der Waals surface area contributed by atoms with Crippen LogP contribution in [0.15, 0.2) is 41.3 Å². The molecule has 1 aliphatic rings. The number of nitrogens with one attached hydrogen (secondary N) is 3. The van der Waals surface area contributed by atoms with Gasteiger partial charge in [0.1, 0.15) is 4.90 Å². The quantitative estimate of drug-likeness (QED) is 0.412. The summed E-state index contributed by atoms with van der Waals surface area (Å²) in [6, 6.07) is 8.46. The molecule has 1 aliphatic heterocycles. The Labute approximate surface area is 202 Å². The zero-order valence-electron chi connectivity index (χ0n) is 16.8. The molecule has 0 atom stereocenters. The molecule has 0 bridgehead atoms. The van der Waals surface area contributed by atoms with Gasteiger partial charge in [0.15, 0.2) is 5.75 Å². The van der Waals surface area contributed by atoms with Crippen molar-refractivity contribution in [1.82, 2.24) is 9.62 Å². The highest BCUT2D eigenvalue weighted by molar-refractivity contribution is 7.89. The maximum atomic E-state index is 12.7. The average Bonchev–Trinajstić information content (AvgIpc) is 2.72. The Morgan fingerprint density at radius 3 is 2.38 bits per heavy atom. The molecule has 13 heteroatoms. The van der Waals surface area contributed by atoms with Crippen molar-refractivity contribution in [3.63, 3.8) is 0 Å². The van der Waals surface area contributed by atoms with Gasteiger partial charge in [-0.25, -0.2) is 17.9 Å². The van der Waals surface area contributed by atoms with E-state index in [1.807, 2.05) is 0 Å². The van der Waals surface area contributed by atoms with E-state index in [1.165, 1.54) is 12.1 Å². The van der Waals surface area contributed by atoms with Crippen molar-refractivity contribution in [2.24, 2.45) is 0 Å². The van der Waals surface area contributed by atoms with Crippen LogP contribution in [-0.4, -0.2) is 63.8 Å². The third-order valence-corrected chi connectivity index (χ3v) is 6.84. The van der Waals surface area contributed by atoms with Crippen molar-refractivity contribution in [3.8, 4) is 5.75 Å². The molecule has 2 amide bonds. The standard InChI is InChI=1S/C19H22Cl2N4O5S.ClH/c20-13-3-1-2-4-15(13)23-19(27)24-16-6-5-14(21)18(17(16)26)31(28,29)22-7-8-25-9-11-30-12-10-25;/h1-6,22,26H,7-12H2,(H2,23,24,27);1H. The van der Waals surface area contributed by atoms with Crippen LogP contribution >= 0.6 is 35.6 Å². The number of nitrogens with zero attached hydrogens (tertiary/aromatic N) is 1. The molecule has 9 nitrogen and oxygen atoms in total. The summed E-state index contributed by atoms with van der Waals surface area (Å²) in [7, 11) is -4.13. The zero-order valence-corrected chi connectivity index (χ0v) is 20.0. The number of carbonyl (C=O) groups excluding carboxylic acids is 1. The number of benzene rings is 2. The number of phenols is 1. The SMILES string of the molecule is Cl.O=C(Nc1ccccc1Cl)Nc1ccc(Cl)c(S(=O)(=O)NCCN2CCOCC2)c1O. The monoisotopic (exact) mass is 524 g/mol. The number of phenolic OH excluding ortho intramolecular Hbond substituents is 1. The topological polar surface area (TPSA) is 120 Å². The molecule has 2 aromatic carbocycles. The Balaban J connectivity index is 0.00000363. The Kier molecular flexibility index (Phi) is 9.83. The normalized spacial score (nSPS) is 14.4. The molecule has 2 aromatic rings. The van der Waals surface area contributed by atoms with E-state index in [4.69, 9.17) is 27.9 Å². The number of carbonyl (C=O) groups is 1. The number of hydrogen-bond acceptors (Lipinski definition) is 6. The number of urea groups is 1. The molecule has 4 N–H and O–H groups in total. The summed E-state index contributed by atoms with van der Waals surface area (Å²) in [5.41, 5.74) is 0.232. The van der Waals surface area contributed by atoms with Crippen molar-refractivity contribution in [2.75, 3.05) is 50.0 Å². The summed E-state index contributed by atoms with van der Waals surface area (Å²) in [6.45, 7) is 3.25. The van der Waals surface area contributed by atoms with Gasteiger partial charge in [0, 0.05) is 26.2 Å². The summed E-state index contributed by atoms with van der Waals surface area (Å²) >= 11 is 12.1. The van der Waals surface area contributed by atoms with Gasteiger partial charge in [-0.3, -0.25) is 4.90 Å². The van der Waals surface area contributed by atoms with Crippen LogP contribution in [0.3, 0.4) is 0 Å². The molecule has 32 heavy (non-hydrogen) atoms. The van der Waals surface area contributed by atoms with E-state index < -0.39 is 26.7 Å². The first kappa shape index (κ1) is 26.5. The van der Waals surface area contributed by atoms with Crippen molar-refractivity contribution >= 4 is 63.0 Å². The van der Waals surface area contributed by atoms with Gasteiger partial charge in [0.25, 0.3) is 0 Å². The number of anilines is 2. The van der Waals surface area contributed by atoms with Gasteiger partial charge in [-0.05, 0) is 24.3 Å². The number of amides is 2. The van der Waals surface area contributed by atoms with Crippen LogP contribution in [0.25, 0.3) is 0 Å². The largest absolute Gasteiger partial charge is 0.504 e.